The summed E-state index contributed by atoms with van der Waals surface area (Å²) in [6.07, 6.45) is 0. The van der Waals surface area contributed by atoms with Crippen molar-refractivity contribution >= 4 is 5.69 Å². The fraction of sp³-hybridized carbons (Fsp3) is 0.278. The van der Waals surface area contributed by atoms with Crippen molar-refractivity contribution in [2.45, 2.75) is 13.0 Å². The molecule has 2 aromatic rings. The highest BCUT2D eigenvalue weighted by Crippen LogP contribution is 2.31. The van der Waals surface area contributed by atoms with Gasteiger partial charge in [-0.05, 0) is 36.2 Å². The predicted molar refractivity (Wildman–Crippen MR) is 85.3 cm³/mol. The number of nitrogens with one attached hydrogen (secondary N) is 1. The molecule has 0 radical (unpaired) electrons. The van der Waals surface area contributed by atoms with Gasteiger partial charge in [0, 0.05) is 25.3 Å². The first-order valence-corrected chi connectivity index (χ1v) is 7.32. The molecule has 0 spiro atoms. The molecule has 1 atom stereocenters. The average Bonchev–Trinajstić information content (AvgIpc) is 2.55. The van der Waals surface area contributed by atoms with Crippen LogP contribution in [0, 0.1) is 18.3 Å². The van der Waals surface area contributed by atoms with Gasteiger partial charge in [0.2, 0.25) is 0 Å². The summed E-state index contributed by atoms with van der Waals surface area (Å²) in [5.41, 5.74) is 4.44. The molecule has 106 valence electrons. The van der Waals surface area contributed by atoms with Gasteiger partial charge in [-0.3, -0.25) is 0 Å². The molecular weight excluding hydrogens is 258 g/mol. The first kappa shape index (κ1) is 13.7. The normalized spacial score (nSPS) is 18.3. The van der Waals surface area contributed by atoms with Crippen molar-refractivity contribution in [3.63, 3.8) is 0 Å². The zero-order valence-electron chi connectivity index (χ0n) is 12.2. The Kier molecular flexibility index (Phi) is 3.89. The van der Waals surface area contributed by atoms with Crippen LogP contribution in [0.3, 0.4) is 0 Å². The number of piperazine rings is 1. The zero-order chi connectivity index (χ0) is 14.7. The van der Waals surface area contributed by atoms with Crippen LogP contribution in [-0.2, 0) is 0 Å². The number of benzene rings is 2. The van der Waals surface area contributed by atoms with E-state index in [-0.39, 0.29) is 0 Å². The molecule has 2 aromatic carbocycles. The summed E-state index contributed by atoms with van der Waals surface area (Å²) in [5, 5.41) is 12.5. The Hall–Kier alpha value is -2.31. The molecule has 0 bridgehead atoms. The second-order valence-corrected chi connectivity index (χ2v) is 5.44. The summed E-state index contributed by atoms with van der Waals surface area (Å²) >= 11 is 0. The van der Waals surface area contributed by atoms with E-state index in [1.165, 1.54) is 11.3 Å². The zero-order valence-corrected chi connectivity index (χ0v) is 12.2. The lowest BCUT2D eigenvalue weighted by molar-refractivity contribution is 0.489. The van der Waals surface area contributed by atoms with Crippen molar-refractivity contribution in [3.05, 3.63) is 65.2 Å². The number of hydrogen-bond donors (Lipinski definition) is 1. The van der Waals surface area contributed by atoms with Crippen LogP contribution in [0.2, 0.25) is 0 Å². The highest BCUT2D eigenvalue weighted by atomic mass is 15.2. The van der Waals surface area contributed by atoms with Crippen molar-refractivity contribution in [2.75, 3.05) is 24.5 Å². The van der Waals surface area contributed by atoms with E-state index in [9.17, 15) is 0 Å². The van der Waals surface area contributed by atoms with Crippen LogP contribution >= 0.6 is 0 Å². The molecule has 1 unspecified atom stereocenters. The van der Waals surface area contributed by atoms with Gasteiger partial charge in [0.1, 0.15) is 0 Å². The molecule has 3 rings (SSSR count). The molecule has 0 aliphatic carbocycles. The molecule has 21 heavy (non-hydrogen) atoms. The van der Waals surface area contributed by atoms with E-state index in [0.717, 1.165) is 30.8 Å². The summed E-state index contributed by atoms with van der Waals surface area (Å²) in [4.78, 5) is 2.45. The molecule has 1 fully saturated rings. The second-order valence-electron chi connectivity index (χ2n) is 5.44. The summed E-state index contributed by atoms with van der Waals surface area (Å²) in [5.74, 6) is 0. The summed E-state index contributed by atoms with van der Waals surface area (Å²) in [6.45, 7) is 5.00. The standard InChI is InChI=1S/C18H19N3/c1-14-11-15(12-19)7-8-17(14)21-10-9-20-13-18(21)16-5-3-2-4-6-16/h2-8,11,18,20H,9-10,13H2,1H3. The average molecular weight is 277 g/mol. The number of anilines is 1. The number of hydrogen-bond acceptors (Lipinski definition) is 3. The third-order valence-electron chi connectivity index (χ3n) is 4.06. The van der Waals surface area contributed by atoms with Crippen molar-refractivity contribution in [1.29, 1.82) is 5.26 Å². The van der Waals surface area contributed by atoms with Crippen LogP contribution in [-0.4, -0.2) is 19.6 Å². The van der Waals surface area contributed by atoms with Crippen LogP contribution in [0.1, 0.15) is 22.7 Å². The minimum absolute atomic E-state index is 0.339. The van der Waals surface area contributed by atoms with Crippen LogP contribution in [0.4, 0.5) is 5.69 Å². The highest BCUT2D eigenvalue weighted by molar-refractivity contribution is 5.58. The minimum atomic E-state index is 0.339. The van der Waals surface area contributed by atoms with Crippen LogP contribution in [0.15, 0.2) is 48.5 Å². The topological polar surface area (TPSA) is 39.1 Å². The molecule has 1 N–H and O–H groups in total. The van der Waals surface area contributed by atoms with Gasteiger partial charge in [0.25, 0.3) is 0 Å². The molecule has 1 aliphatic heterocycles. The Labute approximate surface area is 125 Å². The van der Waals surface area contributed by atoms with E-state index in [1.807, 2.05) is 12.1 Å². The summed E-state index contributed by atoms with van der Waals surface area (Å²) in [7, 11) is 0. The number of rotatable bonds is 2. The van der Waals surface area contributed by atoms with Crippen molar-refractivity contribution in [1.82, 2.24) is 5.32 Å². The first-order valence-electron chi connectivity index (χ1n) is 7.32. The van der Waals surface area contributed by atoms with E-state index in [2.05, 4.69) is 59.6 Å². The van der Waals surface area contributed by atoms with Crippen LogP contribution in [0.25, 0.3) is 0 Å². The molecule has 0 amide bonds. The van der Waals surface area contributed by atoms with E-state index in [0.29, 0.717) is 6.04 Å². The maximum Gasteiger partial charge on any atom is 0.0991 e. The van der Waals surface area contributed by atoms with Gasteiger partial charge >= 0.3 is 0 Å². The first-order chi connectivity index (χ1) is 10.3. The molecule has 3 heteroatoms. The molecule has 1 saturated heterocycles. The second kappa shape index (κ2) is 5.99. The Balaban J connectivity index is 1.97. The van der Waals surface area contributed by atoms with Crippen LogP contribution < -0.4 is 10.2 Å². The van der Waals surface area contributed by atoms with E-state index in [1.54, 1.807) is 0 Å². The van der Waals surface area contributed by atoms with E-state index >= 15 is 0 Å². The summed E-state index contributed by atoms with van der Waals surface area (Å²) < 4.78 is 0. The Morgan fingerprint density at radius 1 is 1.19 bits per heavy atom. The Morgan fingerprint density at radius 2 is 2.00 bits per heavy atom. The Bertz CT molecular complexity index is 658. The lowest BCUT2D eigenvalue weighted by Crippen LogP contribution is -2.46. The van der Waals surface area contributed by atoms with Crippen molar-refractivity contribution < 1.29 is 0 Å². The Morgan fingerprint density at radius 3 is 2.71 bits per heavy atom. The molecule has 0 aromatic heterocycles. The third-order valence-corrected chi connectivity index (χ3v) is 4.06. The lowest BCUT2D eigenvalue weighted by atomic mass is 10.0. The van der Waals surface area contributed by atoms with Gasteiger partial charge in [-0.1, -0.05) is 30.3 Å². The fourth-order valence-corrected chi connectivity index (χ4v) is 3.01. The number of nitrogens with zero attached hydrogens (tertiary/aromatic N) is 2. The maximum absolute atomic E-state index is 9.02. The third kappa shape index (κ3) is 2.76. The largest absolute Gasteiger partial charge is 0.362 e. The van der Waals surface area contributed by atoms with Gasteiger partial charge in [0.15, 0.2) is 0 Å². The van der Waals surface area contributed by atoms with Gasteiger partial charge in [-0.25, -0.2) is 0 Å². The highest BCUT2D eigenvalue weighted by Gasteiger charge is 2.24. The lowest BCUT2D eigenvalue weighted by Gasteiger charge is -2.39. The van der Waals surface area contributed by atoms with Gasteiger partial charge in [-0.2, -0.15) is 5.26 Å². The van der Waals surface area contributed by atoms with Crippen molar-refractivity contribution in [2.24, 2.45) is 0 Å². The molecule has 0 saturated carbocycles. The smallest absolute Gasteiger partial charge is 0.0991 e. The molecule has 3 nitrogen and oxygen atoms in total. The van der Waals surface area contributed by atoms with E-state index in [4.69, 9.17) is 5.26 Å². The predicted octanol–water partition coefficient (Wildman–Crippen LogP) is 3.02. The van der Waals surface area contributed by atoms with Crippen LogP contribution in [0.5, 0.6) is 0 Å². The number of nitriles is 1. The van der Waals surface area contributed by atoms with Crippen molar-refractivity contribution in [3.8, 4) is 6.07 Å². The number of aryl methyl sites for hydroxylation is 1. The molecular formula is C18H19N3. The minimum Gasteiger partial charge on any atom is -0.362 e. The quantitative estimate of drug-likeness (QED) is 0.917. The van der Waals surface area contributed by atoms with Gasteiger partial charge in [0.05, 0.1) is 17.7 Å². The monoisotopic (exact) mass is 277 g/mol. The van der Waals surface area contributed by atoms with E-state index < -0.39 is 0 Å². The SMILES string of the molecule is Cc1cc(C#N)ccc1N1CCNCC1c1ccccc1. The maximum atomic E-state index is 9.02. The summed E-state index contributed by atoms with van der Waals surface area (Å²) in [6, 6.07) is 19.1. The molecule has 1 aliphatic rings. The van der Waals surface area contributed by atoms with Gasteiger partial charge in [-0.15, -0.1) is 0 Å². The fourth-order valence-electron chi connectivity index (χ4n) is 3.01. The van der Waals surface area contributed by atoms with Gasteiger partial charge < -0.3 is 10.2 Å². The molecule has 1 heterocycles.